The number of amides is 2. The van der Waals surface area contributed by atoms with Gasteiger partial charge in [0.25, 0.3) is 10.0 Å². The summed E-state index contributed by atoms with van der Waals surface area (Å²) < 4.78 is 35.8. The highest BCUT2D eigenvalue weighted by Gasteiger charge is 2.35. The molecule has 2 amide bonds. The Kier molecular flexibility index (Phi) is 11.8. The average Bonchev–Trinajstić information content (AvgIpc) is 3.10. The Hall–Kier alpha value is -5.12. The topological polar surface area (TPSA) is 96.0 Å². The predicted molar refractivity (Wildman–Crippen MR) is 203 cm³/mol. The Bertz CT molecular complexity index is 2020. The van der Waals surface area contributed by atoms with E-state index in [4.69, 9.17) is 16.3 Å². The third-order valence-corrected chi connectivity index (χ3v) is 10.1. The van der Waals surface area contributed by atoms with Crippen LogP contribution in [0.2, 0.25) is 5.02 Å². The van der Waals surface area contributed by atoms with Gasteiger partial charge in [-0.2, -0.15) is 0 Å². The number of hydrogen-bond donors (Lipinski definition) is 1. The lowest BCUT2D eigenvalue weighted by molar-refractivity contribution is -0.140. The van der Waals surface area contributed by atoms with Gasteiger partial charge in [-0.15, -0.1) is 0 Å². The van der Waals surface area contributed by atoms with Crippen LogP contribution in [0.5, 0.6) is 11.5 Å². The zero-order valence-corrected chi connectivity index (χ0v) is 30.7. The van der Waals surface area contributed by atoms with Crippen molar-refractivity contribution in [3.8, 4) is 11.5 Å². The highest BCUT2D eigenvalue weighted by molar-refractivity contribution is 7.92. The van der Waals surface area contributed by atoms with Gasteiger partial charge >= 0.3 is 0 Å². The quantitative estimate of drug-likeness (QED) is 0.132. The molecule has 51 heavy (non-hydrogen) atoms. The van der Waals surface area contributed by atoms with Crippen molar-refractivity contribution >= 4 is 39.1 Å². The van der Waals surface area contributed by atoms with Gasteiger partial charge in [-0.05, 0) is 99.5 Å². The summed E-state index contributed by atoms with van der Waals surface area (Å²) in [5.74, 6) is 0.203. The van der Waals surface area contributed by atoms with Crippen LogP contribution in [-0.2, 0) is 32.6 Å². The highest BCUT2D eigenvalue weighted by atomic mass is 35.5. The van der Waals surface area contributed by atoms with Gasteiger partial charge < -0.3 is 15.0 Å². The van der Waals surface area contributed by atoms with Crippen LogP contribution < -0.4 is 14.4 Å². The summed E-state index contributed by atoms with van der Waals surface area (Å²) in [6.45, 7) is 6.95. The minimum atomic E-state index is -4.26. The number of sulfonamides is 1. The first kappa shape index (κ1) is 37.1. The molecule has 0 aliphatic heterocycles. The monoisotopic (exact) mass is 723 g/mol. The van der Waals surface area contributed by atoms with Crippen molar-refractivity contribution < 1.29 is 22.7 Å². The number of ether oxygens (including phenoxy) is 1. The smallest absolute Gasteiger partial charge is 0.264 e. The van der Waals surface area contributed by atoms with Crippen molar-refractivity contribution in [3.63, 3.8) is 0 Å². The molecule has 0 aliphatic rings. The zero-order valence-electron chi connectivity index (χ0n) is 29.1. The summed E-state index contributed by atoms with van der Waals surface area (Å²) in [5, 5.41) is 3.57. The number of rotatable bonds is 13. The van der Waals surface area contributed by atoms with E-state index >= 15 is 0 Å². The largest absolute Gasteiger partial charge is 0.457 e. The predicted octanol–water partition coefficient (Wildman–Crippen LogP) is 8.19. The molecule has 0 spiro atoms. The molecule has 0 heterocycles. The van der Waals surface area contributed by atoms with Crippen molar-refractivity contribution in [2.24, 2.45) is 0 Å². The van der Waals surface area contributed by atoms with E-state index in [-0.39, 0.29) is 29.5 Å². The summed E-state index contributed by atoms with van der Waals surface area (Å²) in [6, 6.07) is 37.7. The lowest BCUT2D eigenvalue weighted by Crippen LogP contribution is -2.56. The number of para-hydroxylation sites is 1. The second kappa shape index (κ2) is 16.3. The molecular weight excluding hydrogens is 682 g/mol. The summed E-state index contributed by atoms with van der Waals surface area (Å²) in [4.78, 5) is 30.3. The first-order valence-electron chi connectivity index (χ1n) is 16.6. The molecule has 8 nitrogen and oxygen atoms in total. The molecule has 0 saturated carbocycles. The molecule has 5 aromatic carbocycles. The van der Waals surface area contributed by atoms with Crippen molar-refractivity contribution in [1.82, 2.24) is 10.2 Å². The normalized spacial score (nSPS) is 12.1. The standard InChI is InChI=1S/C41H42ClN3O5S/c1-30-15-25-37(26-16-30)51(48,49)45(34-21-23-36(24-22-34)50-35-13-9-6-10-14-35)29-39(46)44(28-32-17-19-33(42)20-18-32)38(40(47)43-41(2,3)4)27-31-11-7-5-8-12-31/h5-26,38H,27-29H2,1-4H3,(H,43,47). The number of anilines is 1. The van der Waals surface area contributed by atoms with Crippen LogP contribution in [0, 0.1) is 6.92 Å². The van der Waals surface area contributed by atoms with E-state index in [0.29, 0.717) is 16.5 Å². The summed E-state index contributed by atoms with van der Waals surface area (Å²) in [7, 11) is -4.26. The Labute approximate surface area is 305 Å². The van der Waals surface area contributed by atoms with Crippen molar-refractivity contribution in [2.75, 3.05) is 10.8 Å². The SMILES string of the molecule is Cc1ccc(S(=O)(=O)N(CC(=O)N(Cc2ccc(Cl)cc2)C(Cc2ccccc2)C(=O)NC(C)(C)C)c2ccc(Oc3ccccc3)cc2)cc1. The van der Waals surface area contributed by atoms with E-state index < -0.39 is 34.1 Å². The van der Waals surface area contributed by atoms with Crippen LogP contribution in [0.25, 0.3) is 0 Å². The molecule has 1 N–H and O–H groups in total. The Morgan fingerprint density at radius 2 is 1.31 bits per heavy atom. The lowest BCUT2D eigenvalue weighted by Gasteiger charge is -2.35. The molecule has 1 unspecified atom stereocenters. The second-order valence-electron chi connectivity index (χ2n) is 13.3. The van der Waals surface area contributed by atoms with Gasteiger partial charge in [-0.3, -0.25) is 13.9 Å². The first-order valence-corrected chi connectivity index (χ1v) is 18.4. The van der Waals surface area contributed by atoms with Crippen LogP contribution in [0.3, 0.4) is 0 Å². The number of carbonyl (C=O) groups is 2. The van der Waals surface area contributed by atoms with E-state index in [1.165, 1.54) is 17.0 Å². The lowest BCUT2D eigenvalue weighted by atomic mass is 10.0. The number of halogens is 1. The molecule has 5 rings (SSSR count). The molecule has 0 aliphatic carbocycles. The highest BCUT2D eigenvalue weighted by Crippen LogP contribution is 2.29. The van der Waals surface area contributed by atoms with E-state index in [1.807, 2.05) is 88.4 Å². The van der Waals surface area contributed by atoms with Gasteiger partial charge in [0, 0.05) is 23.5 Å². The van der Waals surface area contributed by atoms with Gasteiger partial charge in [0.1, 0.15) is 24.1 Å². The number of aryl methyl sites for hydroxylation is 1. The zero-order chi connectivity index (χ0) is 36.6. The molecule has 1 atom stereocenters. The van der Waals surface area contributed by atoms with E-state index in [1.54, 1.807) is 60.7 Å². The van der Waals surface area contributed by atoms with E-state index in [9.17, 15) is 18.0 Å². The van der Waals surface area contributed by atoms with Gasteiger partial charge in [0.2, 0.25) is 11.8 Å². The molecule has 0 fully saturated rings. The summed E-state index contributed by atoms with van der Waals surface area (Å²) in [5.41, 5.74) is 2.13. The number of nitrogens with zero attached hydrogens (tertiary/aromatic N) is 2. The van der Waals surface area contributed by atoms with Crippen LogP contribution in [0.1, 0.15) is 37.5 Å². The van der Waals surface area contributed by atoms with Gasteiger partial charge in [-0.1, -0.05) is 90.0 Å². The molecule has 10 heteroatoms. The fraction of sp³-hybridized carbons (Fsp3) is 0.220. The van der Waals surface area contributed by atoms with Gasteiger partial charge in [-0.25, -0.2) is 8.42 Å². The molecule has 5 aromatic rings. The number of nitrogens with one attached hydrogen (secondary N) is 1. The maximum absolute atomic E-state index is 14.7. The third-order valence-electron chi connectivity index (χ3n) is 8.03. The van der Waals surface area contributed by atoms with Crippen molar-refractivity contribution in [1.29, 1.82) is 0 Å². The Morgan fingerprint density at radius 3 is 1.90 bits per heavy atom. The maximum Gasteiger partial charge on any atom is 0.264 e. The fourth-order valence-corrected chi connectivity index (χ4v) is 7.00. The minimum Gasteiger partial charge on any atom is -0.457 e. The van der Waals surface area contributed by atoms with Crippen LogP contribution in [0.4, 0.5) is 5.69 Å². The Balaban J connectivity index is 1.57. The second-order valence-corrected chi connectivity index (χ2v) is 15.6. The maximum atomic E-state index is 14.7. The first-order chi connectivity index (χ1) is 24.3. The number of carbonyl (C=O) groups excluding carboxylic acids is 2. The molecule has 0 bridgehead atoms. The van der Waals surface area contributed by atoms with Gasteiger partial charge in [0.05, 0.1) is 10.6 Å². The summed E-state index contributed by atoms with van der Waals surface area (Å²) in [6.07, 6.45) is 0.207. The molecule has 0 saturated heterocycles. The van der Waals surface area contributed by atoms with E-state index in [2.05, 4.69) is 5.32 Å². The van der Waals surface area contributed by atoms with Crippen LogP contribution >= 0.6 is 11.6 Å². The van der Waals surface area contributed by atoms with Crippen molar-refractivity contribution in [2.45, 2.75) is 57.1 Å². The van der Waals surface area contributed by atoms with Crippen LogP contribution in [-0.4, -0.2) is 43.3 Å². The number of hydrogen-bond acceptors (Lipinski definition) is 5. The van der Waals surface area contributed by atoms with Crippen molar-refractivity contribution in [3.05, 3.63) is 155 Å². The van der Waals surface area contributed by atoms with E-state index in [0.717, 1.165) is 21.0 Å². The molecular formula is C41H42ClN3O5S. The van der Waals surface area contributed by atoms with Gasteiger partial charge in [0.15, 0.2) is 0 Å². The molecule has 0 radical (unpaired) electrons. The summed E-state index contributed by atoms with van der Waals surface area (Å²) >= 11 is 6.19. The number of benzene rings is 5. The minimum absolute atomic E-state index is 0.0288. The fourth-order valence-electron chi connectivity index (χ4n) is 5.46. The average molecular weight is 724 g/mol. The molecule has 264 valence electrons. The Morgan fingerprint density at radius 1 is 0.745 bits per heavy atom. The molecule has 0 aromatic heterocycles. The third kappa shape index (κ3) is 10.2. The van der Waals surface area contributed by atoms with Crippen LogP contribution in [0.15, 0.2) is 138 Å².